The zero-order chi connectivity index (χ0) is 18.4. The van der Waals surface area contributed by atoms with Gasteiger partial charge in [-0.3, -0.25) is 4.57 Å². The molecule has 0 amide bonds. The molecule has 11 heteroatoms. The van der Waals surface area contributed by atoms with Crippen LogP contribution in [0.4, 0.5) is 11.8 Å². The number of rotatable bonds is 5. The molecule has 0 bridgehead atoms. The summed E-state index contributed by atoms with van der Waals surface area (Å²) >= 11 is 0. The van der Waals surface area contributed by atoms with E-state index in [1.54, 1.807) is 0 Å². The zero-order valence-electron chi connectivity index (χ0n) is 14.4. The smallest absolute Gasteiger partial charge is 0.204 e. The number of nitrogen functional groups attached to an aromatic ring is 1. The third kappa shape index (κ3) is 3.33. The molecule has 138 valence electrons. The Kier molecular flexibility index (Phi) is 4.68. The summed E-state index contributed by atoms with van der Waals surface area (Å²) in [5, 5.41) is 32.8. The molecule has 3 rings (SSSR count). The molecule has 10 nitrogen and oxygen atoms in total. The van der Waals surface area contributed by atoms with Crippen molar-refractivity contribution in [3.05, 3.63) is 6.33 Å². The van der Waals surface area contributed by atoms with Crippen LogP contribution < -0.4 is 11.1 Å². The summed E-state index contributed by atoms with van der Waals surface area (Å²) in [4.78, 5) is 12.7. The lowest BCUT2D eigenvalue weighted by Gasteiger charge is -2.18. The Balaban J connectivity index is 1.99. The first-order chi connectivity index (χ1) is 11.7. The van der Waals surface area contributed by atoms with E-state index < -0.39 is 39.2 Å². The molecule has 0 radical (unpaired) electrons. The fourth-order valence-corrected chi connectivity index (χ4v) is 3.45. The maximum absolute atomic E-state index is 10.3. The van der Waals surface area contributed by atoms with Gasteiger partial charge in [-0.25, -0.2) is 15.0 Å². The van der Waals surface area contributed by atoms with Gasteiger partial charge in [-0.1, -0.05) is 19.6 Å². The van der Waals surface area contributed by atoms with Gasteiger partial charge in [0.15, 0.2) is 23.2 Å². The van der Waals surface area contributed by atoms with E-state index in [-0.39, 0.29) is 5.95 Å². The Morgan fingerprint density at radius 3 is 2.60 bits per heavy atom. The van der Waals surface area contributed by atoms with Crippen LogP contribution in [0.25, 0.3) is 11.2 Å². The topological polar surface area (TPSA) is 152 Å². The number of nitrogens with two attached hydrogens (primary N) is 1. The Morgan fingerprint density at radius 1 is 1.28 bits per heavy atom. The monoisotopic (exact) mass is 368 g/mol. The molecule has 1 aliphatic heterocycles. The van der Waals surface area contributed by atoms with Crippen LogP contribution in [-0.4, -0.2) is 74.0 Å². The molecule has 4 atom stereocenters. The SMILES string of the molecule is C[Si](C)(C)CNc1ncnc2c1nc(N)n2[C@@H]1O[C@H](CO)[C@@H](O)[C@H]1O. The summed E-state index contributed by atoms with van der Waals surface area (Å²) in [5.41, 5.74) is 6.87. The summed E-state index contributed by atoms with van der Waals surface area (Å²) in [6, 6.07) is 0. The van der Waals surface area contributed by atoms with E-state index in [4.69, 9.17) is 10.5 Å². The number of aromatic nitrogens is 4. The highest BCUT2D eigenvalue weighted by Gasteiger charge is 2.44. The molecule has 1 aliphatic rings. The maximum Gasteiger partial charge on any atom is 0.204 e. The number of hydrogen-bond donors (Lipinski definition) is 5. The van der Waals surface area contributed by atoms with E-state index >= 15 is 0 Å². The second-order valence-electron chi connectivity index (χ2n) is 7.38. The highest BCUT2D eigenvalue weighted by molar-refractivity contribution is 6.76. The number of hydrogen-bond acceptors (Lipinski definition) is 9. The summed E-state index contributed by atoms with van der Waals surface area (Å²) < 4.78 is 6.96. The molecule has 0 spiro atoms. The van der Waals surface area contributed by atoms with Crippen molar-refractivity contribution in [2.24, 2.45) is 0 Å². The van der Waals surface area contributed by atoms with Gasteiger partial charge in [0, 0.05) is 6.17 Å². The van der Waals surface area contributed by atoms with E-state index in [0.717, 1.165) is 6.17 Å². The number of fused-ring (bicyclic) bond motifs is 1. The summed E-state index contributed by atoms with van der Waals surface area (Å²) in [7, 11) is -1.36. The lowest BCUT2D eigenvalue weighted by Crippen LogP contribution is -2.33. The lowest BCUT2D eigenvalue weighted by molar-refractivity contribution is -0.0500. The van der Waals surface area contributed by atoms with Crippen molar-refractivity contribution >= 4 is 31.0 Å². The normalized spacial score (nSPS) is 27.1. The van der Waals surface area contributed by atoms with Gasteiger partial charge >= 0.3 is 0 Å². The van der Waals surface area contributed by atoms with E-state index in [0.29, 0.717) is 17.0 Å². The zero-order valence-corrected chi connectivity index (χ0v) is 15.4. The van der Waals surface area contributed by atoms with Gasteiger partial charge in [0.2, 0.25) is 5.95 Å². The van der Waals surface area contributed by atoms with Gasteiger partial charge in [-0.2, -0.15) is 0 Å². The van der Waals surface area contributed by atoms with E-state index in [1.807, 2.05) is 0 Å². The van der Waals surface area contributed by atoms with Crippen LogP contribution >= 0.6 is 0 Å². The largest absolute Gasteiger partial charge is 0.394 e. The van der Waals surface area contributed by atoms with Crippen molar-refractivity contribution in [1.29, 1.82) is 0 Å². The minimum absolute atomic E-state index is 0.0846. The van der Waals surface area contributed by atoms with Crippen molar-refractivity contribution in [3.8, 4) is 0 Å². The van der Waals surface area contributed by atoms with Gasteiger partial charge in [0.25, 0.3) is 0 Å². The molecular formula is C14H24N6O4Si. The highest BCUT2D eigenvalue weighted by Crippen LogP contribution is 2.34. The molecule has 2 aromatic rings. The number of imidazole rings is 1. The van der Waals surface area contributed by atoms with Gasteiger partial charge in [0.1, 0.15) is 24.6 Å². The van der Waals surface area contributed by atoms with Crippen molar-refractivity contribution < 1.29 is 20.1 Å². The fraction of sp³-hybridized carbons (Fsp3) is 0.643. The van der Waals surface area contributed by atoms with E-state index in [9.17, 15) is 15.3 Å². The van der Waals surface area contributed by atoms with Crippen molar-refractivity contribution in [3.63, 3.8) is 0 Å². The minimum Gasteiger partial charge on any atom is -0.394 e. The molecule has 0 aromatic carbocycles. The number of nitrogens with zero attached hydrogens (tertiary/aromatic N) is 4. The van der Waals surface area contributed by atoms with Crippen LogP contribution in [0.1, 0.15) is 6.23 Å². The molecule has 0 aliphatic carbocycles. The van der Waals surface area contributed by atoms with Crippen LogP contribution in [0.5, 0.6) is 0 Å². The standard InChI is InChI=1S/C14H24N6O4Si/c1-25(2,3)6-18-11-8-12(17-5-16-11)20(14(15)19-8)13-10(23)9(22)7(4-21)24-13/h5,7,9-10,13,21-23H,4,6H2,1-3H3,(H2,15,19)(H,16,17,18)/t7-,9-,10-,13-/m1/s1. The molecule has 6 N–H and O–H groups in total. The maximum atomic E-state index is 10.3. The highest BCUT2D eigenvalue weighted by atomic mass is 28.3. The van der Waals surface area contributed by atoms with Crippen LogP contribution in [-0.2, 0) is 4.74 Å². The third-order valence-electron chi connectivity index (χ3n) is 4.06. The fourth-order valence-electron chi connectivity index (χ4n) is 2.75. The molecule has 0 unspecified atom stereocenters. The molecule has 2 aromatic heterocycles. The summed E-state index contributed by atoms with van der Waals surface area (Å²) in [5.74, 6) is 0.644. The van der Waals surface area contributed by atoms with Crippen LogP contribution in [0.15, 0.2) is 6.33 Å². The third-order valence-corrected chi connectivity index (χ3v) is 5.30. The number of aliphatic hydroxyl groups is 3. The average molecular weight is 368 g/mol. The Bertz CT molecular complexity index is 764. The summed E-state index contributed by atoms with van der Waals surface area (Å²) in [6.07, 6.45) is -2.18. The first kappa shape index (κ1) is 18.0. The predicted octanol–water partition coefficient (Wildman–Crippen LogP) is -0.691. The molecule has 3 heterocycles. The Hall–Kier alpha value is -1.79. The summed E-state index contributed by atoms with van der Waals surface area (Å²) in [6.45, 7) is 6.26. The second-order valence-corrected chi connectivity index (χ2v) is 12.9. The van der Waals surface area contributed by atoms with Gasteiger partial charge in [-0.05, 0) is 0 Å². The minimum atomic E-state index is -1.36. The molecule has 1 fully saturated rings. The van der Waals surface area contributed by atoms with E-state index in [1.165, 1.54) is 10.9 Å². The van der Waals surface area contributed by atoms with Crippen LogP contribution in [0, 0.1) is 0 Å². The van der Waals surface area contributed by atoms with Crippen molar-refractivity contribution in [2.45, 2.75) is 44.2 Å². The van der Waals surface area contributed by atoms with Gasteiger partial charge < -0.3 is 31.1 Å². The van der Waals surface area contributed by atoms with Gasteiger partial charge in [-0.15, -0.1) is 0 Å². The number of aliphatic hydroxyl groups excluding tert-OH is 3. The van der Waals surface area contributed by atoms with Crippen molar-refractivity contribution in [1.82, 2.24) is 19.5 Å². The Morgan fingerprint density at radius 2 is 2.00 bits per heavy atom. The first-order valence-electron chi connectivity index (χ1n) is 8.07. The lowest BCUT2D eigenvalue weighted by atomic mass is 10.1. The van der Waals surface area contributed by atoms with Gasteiger partial charge in [0.05, 0.1) is 14.7 Å². The molecular weight excluding hydrogens is 344 g/mol. The van der Waals surface area contributed by atoms with Crippen molar-refractivity contribution in [2.75, 3.05) is 23.8 Å². The Labute approximate surface area is 145 Å². The number of nitrogens with one attached hydrogen (secondary N) is 1. The van der Waals surface area contributed by atoms with Crippen LogP contribution in [0.3, 0.4) is 0 Å². The average Bonchev–Trinajstić information content (AvgIpc) is 3.02. The molecule has 1 saturated heterocycles. The second kappa shape index (κ2) is 6.50. The predicted molar refractivity (Wildman–Crippen MR) is 94.6 cm³/mol. The van der Waals surface area contributed by atoms with Crippen LogP contribution in [0.2, 0.25) is 19.6 Å². The quantitative estimate of drug-likeness (QED) is 0.432. The first-order valence-corrected chi connectivity index (χ1v) is 11.8. The number of ether oxygens (including phenoxy) is 1. The molecule has 25 heavy (non-hydrogen) atoms. The molecule has 0 saturated carbocycles. The number of anilines is 2. The van der Waals surface area contributed by atoms with E-state index in [2.05, 4.69) is 39.9 Å².